The van der Waals surface area contributed by atoms with Gasteiger partial charge in [0.15, 0.2) is 0 Å². The van der Waals surface area contributed by atoms with E-state index in [1.807, 2.05) is 19.1 Å². The molecule has 4 rings (SSSR count). The Morgan fingerprint density at radius 2 is 1.53 bits per heavy atom. The molecule has 0 radical (unpaired) electrons. The second-order valence-corrected chi connectivity index (χ2v) is 6.87. The zero-order valence-corrected chi connectivity index (χ0v) is 16.5. The Balaban J connectivity index is 1.83. The molecule has 3 aromatic rings. The van der Waals surface area contributed by atoms with Crippen LogP contribution in [0.25, 0.3) is 5.57 Å². The number of benzene rings is 3. The number of halogens is 1. The van der Waals surface area contributed by atoms with Gasteiger partial charge in [0.05, 0.1) is 18.4 Å². The number of imide groups is 1. The Morgan fingerprint density at radius 3 is 2.20 bits per heavy atom. The van der Waals surface area contributed by atoms with Crippen molar-refractivity contribution in [3.8, 4) is 5.75 Å². The summed E-state index contributed by atoms with van der Waals surface area (Å²) in [6.45, 7) is 1.94. The summed E-state index contributed by atoms with van der Waals surface area (Å²) in [5.41, 5.74) is 2.87. The molecule has 5 nitrogen and oxygen atoms in total. The van der Waals surface area contributed by atoms with Crippen molar-refractivity contribution in [1.82, 2.24) is 0 Å². The third kappa shape index (κ3) is 3.43. The molecular formula is C24H19FN2O3. The molecule has 2 amide bonds. The number of nitrogens with zero attached hydrogens (tertiary/aromatic N) is 1. The van der Waals surface area contributed by atoms with Crippen LogP contribution < -0.4 is 15.0 Å². The maximum absolute atomic E-state index is 13.4. The maximum Gasteiger partial charge on any atom is 0.282 e. The van der Waals surface area contributed by atoms with E-state index in [0.717, 1.165) is 10.5 Å². The fourth-order valence-electron chi connectivity index (χ4n) is 3.34. The second-order valence-electron chi connectivity index (χ2n) is 6.87. The second kappa shape index (κ2) is 7.83. The minimum Gasteiger partial charge on any atom is -0.495 e. The summed E-state index contributed by atoms with van der Waals surface area (Å²) in [7, 11) is 1.48. The molecule has 0 bridgehead atoms. The quantitative estimate of drug-likeness (QED) is 0.637. The number of methoxy groups -OCH3 is 1. The Labute approximate surface area is 173 Å². The highest BCUT2D eigenvalue weighted by Crippen LogP contribution is 2.37. The van der Waals surface area contributed by atoms with E-state index in [1.54, 1.807) is 36.4 Å². The molecule has 0 saturated carbocycles. The lowest BCUT2D eigenvalue weighted by Crippen LogP contribution is -2.32. The highest BCUT2D eigenvalue weighted by atomic mass is 19.1. The van der Waals surface area contributed by atoms with Gasteiger partial charge < -0.3 is 10.1 Å². The molecule has 0 aromatic heterocycles. The average Bonchev–Trinajstić information content (AvgIpc) is 3.00. The van der Waals surface area contributed by atoms with E-state index < -0.39 is 17.6 Å². The molecule has 0 aliphatic carbocycles. The van der Waals surface area contributed by atoms with E-state index in [9.17, 15) is 14.0 Å². The first-order chi connectivity index (χ1) is 14.5. The van der Waals surface area contributed by atoms with Gasteiger partial charge in [-0.25, -0.2) is 9.29 Å². The van der Waals surface area contributed by atoms with Gasteiger partial charge in [0, 0.05) is 5.69 Å². The molecular weight excluding hydrogens is 383 g/mol. The molecule has 150 valence electrons. The van der Waals surface area contributed by atoms with Gasteiger partial charge in [-0.15, -0.1) is 0 Å². The van der Waals surface area contributed by atoms with Gasteiger partial charge in [-0.3, -0.25) is 9.59 Å². The van der Waals surface area contributed by atoms with E-state index in [2.05, 4.69) is 5.32 Å². The summed E-state index contributed by atoms with van der Waals surface area (Å²) < 4.78 is 18.7. The van der Waals surface area contributed by atoms with Crippen LogP contribution in [-0.2, 0) is 9.59 Å². The van der Waals surface area contributed by atoms with Gasteiger partial charge in [0.25, 0.3) is 11.8 Å². The van der Waals surface area contributed by atoms with Gasteiger partial charge in [0.1, 0.15) is 17.3 Å². The van der Waals surface area contributed by atoms with Gasteiger partial charge in [-0.1, -0.05) is 42.0 Å². The van der Waals surface area contributed by atoms with Crippen molar-refractivity contribution >= 4 is 28.8 Å². The largest absolute Gasteiger partial charge is 0.495 e. The fraction of sp³-hybridized carbons (Fsp3) is 0.0833. The van der Waals surface area contributed by atoms with Crippen LogP contribution in [0.1, 0.15) is 11.1 Å². The molecule has 1 aliphatic heterocycles. The summed E-state index contributed by atoms with van der Waals surface area (Å²) in [6, 6.07) is 19.8. The van der Waals surface area contributed by atoms with E-state index >= 15 is 0 Å². The predicted molar refractivity (Wildman–Crippen MR) is 114 cm³/mol. The first-order valence-electron chi connectivity index (χ1n) is 9.35. The standard InChI is InChI=1S/C24H19FN2O3/c1-15-7-9-16(10-8-15)21-22(26-18-13-11-17(25)12-14-18)24(29)27(23(21)28)19-5-3-4-6-20(19)30-2/h3-14,26H,1-2H3. The number of ether oxygens (including phenoxy) is 1. The molecule has 0 fully saturated rings. The number of hydrogen-bond donors (Lipinski definition) is 1. The van der Waals surface area contributed by atoms with E-state index in [0.29, 0.717) is 22.7 Å². The van der Waals surface area contributed by atoms with Crippen LogP contribution in [0.15, 0.2) is 78.5 Å². The van der Waals surface area contributed by atoms with Crippen LogP contribution in [-0.4, -0.2) is 18.9 Å². The summed E-state index contributed by atoms with van der Waals surface area (Å²) in [4.78, 5) is 27.9. The fourth-order valence-corrected chi connectivity index (χ4v) is 3.34. The number of hydrogen-bond acceptors (Lipinski definition) is 4. The van der Waals surface area contributed by atoms with Crippen molar-refractivity contribution in [1.29, 1.82) is 0 Å². The molecule has 1 N–H and O–H groups in total. The SMILES string of the molecule is COc1ccccc1N1C(=O)C(Nc2ccc(F)cc2)=C(c2ccc(C)cc2)C1=O. The van der Waals surface area contributed by atoms with Gasteiger partial charge >= 0.3 is 0 Å². The third-order valence-electron chi connectivity index (χ3n) is 4.86. The monoisotopic (exact) mass is 402 g/mol. The molecule has 1 aliphatic rings. The molecule has 30 heavy (non-hydrogen) atoms. The lowest BCUT2D eigenvalue weighted by molar-refractivity contribution is -0.120. The molecule has 0 unspecified atom stereocenters. The van der Waals surface area contributed by atoms with Gasteiger partial charge in [-0.05, 0) is 48.9 Å². The van der Waals surface area contributed by atoms with Crippen molar-refractivity contribution in [2.45, 2.75) is 6.92 Å². The van der Waals surface area contributed by atoms with Crippen molar-refractivity contribution in [3.05, 3.63) is 95.4 Å². The number of nitrogens with one attached hydrogen (secondary N) is 1. The molecule has 0 spiro atoms. The highest BCUT2D eigenvalue weighted by Gasteiger charge is 2.41. The van der Waals surface area contributed by atoms with E-state index in [-0.39, 0.29) is 11.3 Å². The first-order valence-corrected chi connectivity index (χ1v) is 9.35. The number of carbonyl (C=O) groups excluding carboxylic acids is 2. The Bertz CT molecular complexity index is 1150. The average molecular weight is 402 g/mol. The summed E-state index contributed by atoms with van der Waals surface area (Å²) >= 11 is 0. The maximum atomic E-state index is 13.4. The van der Waals surface area contributed by atoms with Crippen LogP contribution >= 0.6 is 0 Å². The predicted octanol–water partition coefficient (Wildman–Crippen LogP) is 4.54. The highest BCUT2D eigenvalue weighted by molar-refractivity contribution is 6.46. The number of carbonyl (C=O) groups is 2. The van der Waals surface area contributed by atoms with Gasteiger partial charge in [0.2, 0.25) is 0 Å². The number of aryl methyl sites for hydroxylation is 1. The number of amides is 2. The lowest BCUT2D eigenvalue weighted by atomic mass is 10.0. The number of anilines is 2. The lowest BCUT2D eigenvalue weighted by Gasteiger charge is -2.18. The molecule has 6 heteroatoms. The topological polar surface area (TPSA) is 58.6 Å². The molecule has 1 heterocycles. The Kier molecular flexibility index (Phi) is 5.06. The van der Waals surface area contributed by atoms with Crippen LogP contribution in [0.4, 0.5) is 15.8 Å². The third-order valence-corrected chi connectivity index (χ3v) is 4.86. The van der Waals surface area contributed by atoms with Crippen LogP contribution in [0.5, 0.6) is 5.75 Å². The zero-order chi connectivity index (χ0) is 21.3. The molecule has 0 atom stereocenters. The molecule has 0 saturated heterocycles. The van der Waals surface area contributed by atoms with Crippen molar-refractivity contribution in [3.63, 3.8) is 0 Å². The van der Waals surface area contributed by atoms with Gasteiger partial charge in [-0.2, -0.15) is 0 Å². The zero-order valence-electron chi connectivity index (χ0n) is 16.5. The van der Waals surface area contributed by atoms with Crippen molar-refractivity contribution in [2.24, 2.45) is 0 Å². The number of rotatable bonds is 5. The Hall–Kier alpha value is -3.93. The number of para-hydroxylation sites is 2. The Morgan fingerprint density at radius 1 is 0.867 bits per heavy atom. The van der Waals surface area contributed by atoms with Crippen molar-refractivity contribution in [2.75, 3.05) is 17.3 Å². The first kappa shape index (κ1) is 19.4. The van der Waals surface area contributed by atoms with Crippen LogP contribution in [0.3, 0.4) is 0 Å². The summed E-state index contributed by atoms with van der Waals surface area (Å²) in [5, 5.41) is 3.01. The van der Waals surface area contributed by atoms with Crippen LogP contribution in [0, 0.1) is 12.7 Å². The molecule has 3 aromatic carbocycles. The minimum atomic E-state index is -0.510. The summed E-state index contributed by atoms with van der Waals surface area (Å²) in [5.74, 6) is -0.953. The summed E-state index contributed by atoms with van der Waals surface area (Å²) in [6.07, 6.45) is 0. The smallest absolute Gasteiger partial charge is 0.282 e. The van der Waals surface area contributed by atoms with E-state index in [4.69, 9.17) is 4.74 Å². The van der Waals surface area contributed by atoms with Crippen molar-refractivity contribution < 1.29 is 18.7 Å². The normalized spacial score (nSPS) is 13.8. The van der Waals surface area contributed by atoms with Crippen LogP contribution in [0.2, 0.25) is 0 Å². The van der Waals surface area contributed by atoms with E-state index in [1.165, 1.54) is 31.4 Å². The minimum absolute atomic E-state index is 0.126.